The topological polar surface area (TPSA) is 790 Å². The standard InChI is InChI=1S/C92H125N19O31S7/c1-52(112)101-66(86(126)107-67-51-145-144-50-65(81(94)121)106-85(125)64(45-79(119)120)105-88(128)70-20-15-39-110(70)77(116)48-100-83(123)61(18-8-9-34-93)103-84(124)63(44-78(117)118)102-75(114)47-99-82(122)62(104-87(67)127)19-14-35-98-90(95)96)49-143-71-46-76(115)111(89(71)129)40-36-97-74(113)21-7-6-10-37-108-68-30-28-57(148(136,137)138)42-59(68)91(2,3)72(108)32-22-53-16-13-17-54(80(53)142-55-24-26-56(27-25-55)147(133,134)135)23-33-73-92(4,5)60-43-58(149(139,140)141)29-31-69(60)109(73)38-11-12-41-146(130,131)132/h22-33,42-43,61-67,70-71H,6-21,34-41,44-51,93H2,1-5H3,(H21-,94,95,96,97,98,99,100,101,102,103,104,105,106,107,112,113,114,117,118,119,120,121,122,123,124,125,126,127,128,130,131,132,133,134,135,136,137,138,139,140,141)/t61-,62-,63-,64-,65-,66+,67-,70-,71?/m0/s1. The molecule has 0 bridgehead atoms. The first-order valence-electron chi connectivity index (χ1n) is 47.6. The number of benzene rings is 3. The third-order valence-corrected chi connectivity index (χ3v) is 32.2. The number of nitrogens with two attached hydrogens (primary N) is 3. The van der Waals surface area contributed by atoms with Crippen molar-refractivity contribution in [2.75, 3.05) is 86.8 Å². The first kappa shape index (κ1) is 120. The van der Waals surface area contributed by atoms with Crippen molar-refractivity contribution in [2.24, 2.45) is 17.2 Å². The molecule has 1 unspecified atom stereocenters. The van der Waals surface area contributed by atoms with Gasteiger partial charge in [-0.15, -0.1) is 11.8 Å². The average molecular weight is 2220 g/mol. The van der Waals surface area contributed by atoms with Gasteiger partial charge in [-0.05, 0) is 194 Å². The van der Waals surface area contributed by atoms with Gasteiger partial charge >= 0.3 is 11.9 Å². The van der Waals surface area contributed by atoms with Crippen LogP contribution in [0.2, 0.25) is 0 Å². The Morgan fingerprint density at radius 3 is 1.91 bits per heavy atom. The molecule has 9 rings (SSSR count). The monoisotopic (exact) mass is 2220 g/mol. The fourth-order valence-corrected chi connectivity index (χ4v) is 23.1. The van der Waals surface area contributed by atoms with E-state index in [4.69, 9.17) is 27.3 Å². The molecule has 3 aromatic rings. The SMILES string of the molecule is CC(=O)N[C@H](CSC1CC(=O)N(CCNC(=O)CCCCC[N+]2=C(/C=C/C3=C(Oc4ccc(S(=O)(=O)O)cc4)C(=C/C=C4/N(CCCCS(=O)(=O)O)c5ccc(S(=O)(=O)O)cc5C4(C)C)/CCC3)C(C)(C)c3cc(S(=O)(=O)[O-])ccc32)C1=O)C(=O)N[C@H]1CSSC[C@@H](C(N)=O)NC(=O)[C@H](CC(=O)O)NC(=O)[C@@H]2CCCN2C(=O)CNC(=O)[C@H](CCCCN)NC(=O)[C@H](CC(=O)O)NC(=O)CNC(=O)[C@H](CCCNC(=N)N)NC1=O. The van der Waals surface area contributed by atoms with E-state index in [1.54, 1.807) is 12.2 Å². The van der Waals surface area contributed by atoms with Gasteiger partial charge in [-0.1, -0.05) is 41.5 Å². The molecule has 816 valence electrons. The van der Waals surface area contributed by atoms with E-state index in [9.17, 15) is 139 Å². The van der Waals surface area contributed by atoms with Crippen molar-refractivity contribution in [3.8, 4) is 5.75 Å². The van der Waals surface area contributed by atoms with E-state index in [2.05, 4.69) is 58.5 Å². The summed E-state index contributed by atoms with van der Waals surface area (Å²) in [4.78, 5) is 221. The third kappa shape index (κ3) is 34.8. The number of nitrogens with zero attached hydrogens (tertiary/aromatic N) is 4. The number of carbonyl (C=O) groups is 16. The second-order valence-corrected chi connectivity index (χ2v) is 46.5. The van der Waals surface area contributed by atoms with Crippen LogP contribution >= 0.6 is 33.3 Å². The quantitative estimate of drug-likeness (QED) is 0.00629. The number of rotatable bonds is 41. The molecule has 6 aliphatic rings. The molecule has 9 atom stereocenters. The van der Waals surface area contributed by atoms with Crippen LogP contribution in [0.1, 0.15) is 168 Å². The van der Waals surface area contributed by atoms with Gasteiger partial charge in [0.1, 0.15) is 76.5 Å². The number of primary amides is 1. The molecular formula is C92H125N19O31S7. The molecule has 0 radical (unpaired) electrons. The number of hydrogen-bond donors (Lipinski definition) is 20. The van der Waals surface area contributed by atoms with Gasteiger partial charge in [0.25, 0.3) is 30.4 Å². The molecule has 0 aromatic heterocycles. The summed E-state index contributed by atoms with van der Waals surface area (Å²) in [5, 5.41) is 52.8. The van der Waals surface area contributed by atoms with Crippen LogP contribution in [0.25, 0.3) is 0 Å². The maximum absolute atomic E-state index is 14.8. The number of guanidine groups is 1. The van der Waals surface area contributed by atoms with Gasteiger partial charge in [-0.25, -0.2) is 8.42 Å². The molecule has 3 aromatic carbocycles. The number of unbranched alkanes of at least 4 members (excludes halogenated alkanes) is 4. The second kappa shape index (κ2) is 53.8. The van der Waals surface area contributed by atoms with Crippen LogP contribution in [0.4, 0.5) is 11.4 Å². The predicted octanol–water partition coefficient (Wildman–Crippen LogP) is -0.794. The van der Waals surface area contributed by atoms with E-state index in [1.807, 2.05) is 49.3 Å². The lowest BCUT2D eigenvalue weighted by Crippen LogP contribution is -2.58. The zero-order valence-corrected chi connectivity index (χ0v) is 87.9. The highest BCUT2D eigenvalue weighted by Gasteiger charge is 2.48. The van der Waals surface area contributed by atoms with E-state index < -0.39 is 271 Å². The third-order valence-electron chi connectivity index (χ3n) is 25.2. The van der Waals surface area contributed by atoms with Gasteiger partial charge in [0.15, 0.2) is 11.7 Å². The smallest absolute Gasteiger partial charge is 0.305 e. The summed E-state index contributed by atoms with van der Waals surface area (Å²) in [6.45, 7) is 6.49. The Hall–Kier alpha value is -12.5. The molecule has 0 spiro atoms. The van der Waals surface area contributed by atoms with Gasteiger partial charge < -0.3 is 105 Å². The Labute approximate surface area is 871 Å². The van der Waals surface area contributed by atoms with Crippen LogP contribution in [0.3, 0.4) is 0 Å². The van der Waals surface area contributed by atoms with Gasteiger partial charge in [0, 0.05) is 111 Å². The van der Waals surface area contributed by atoms with Crippen LogP contribution in [-0.4, -0.2) is 318 Å². The average Bonchev–Trinajstić information content (AvgIpc) is 1.59. The number of nitrogens with one attached hydrogen (secondary N) is 12. The molecule has 14 amide bonds. The normalized spacial score (nSPS) is 22.1. The summed E-state index contributed by atoms with van der Waals surface area (Å²) in [7, 11) is -17.1. The van der Waals surface area contributed by atoms with Crippen molar-refractivity contribution >= 4 is 192 Å². The van der Waals surface area contributed by atoms with E-state index in [0.29, 0.717) is 95.8 Å². The molecule has 0 saturated carbocycles. The molecule has 3 saturated heterocycles. The fraction of sp³-hybridized carbons (Fsp3) is 0.522. The number of imide groups is 1. The van der Waals surface area contributed by atoms with Crippen LogP contribution in [0, 0.1) is 5.41 Å². The van der Waals surface area contributed by atoms with Gasteiger partial charge in [-0.3, -0.25) is 101 Å². The number of carboxylic acids is 2. The number of carboxylic acid groups (broad SMARTS) is 2. The number of allylic oxidation sites excluding steroid dienone is 7. The summed E-state index contributed by atoms with van der Waals surface area (Å²) in [5.41, 5.74) is 19.5. The number of hydrogen-bond acceptors (Lipinski definition) is 32. The number of thioether (sulfide) groups is 1. The minimum atomic E-state index is -4.98. The molecule has 149 heavy (non-hydrogen) atoms. The van der Waals surface area contributed by atoms with Crippen LogP contribution in [0.5, 0.6) is 5.75 Å². The Kier molecular flexibility index (Phi) is 43.3. The minimum absolute atomic E-state index is 0.0149. The maximum atomic E-state index is 14.8. The molecule has 1 aliphatic carbocycles. The molecule has 23 N–H and O–H groups in total. The number of carbonyl (C=O) groups excluding carboxylic acids is 14. The highest BCUT2D eigenvalue weighted by atomic mass is 33.1. The van der Waals surface area contributed by atoms with Crippen molar-refractivity contribution in [1.82, 2.24) is 68.3 Å². The van der Waals surface area contributed by atoms with Crippen molar-refractivity contribution in [3.05, 3.63) is 119 Å². The summed E-state index contributed by atoms with van der Waals surface area (Å²) in [6.07, 6.45) is 7.57. The number of ether oxygens (including phenoxy) is 1. The van der Waals surface area contributed by atoms with Crippen LogP contribution in [-0.2, 0) is 128 Å². The van der Waals surface area contributed by atoms with Crippen LogP contribution in [0.15, 0.2) is 122 Å². The largest absolute Gasteiger partial charge is 0.744 e. The molecule has 3 fully saturated rings. The number of amides is 14. The zero-order valence-electron chi connectivity index (χ0n) is 82.1. The first-order valence-corrected chi connectivity index (χ1v) is 57.0. The fourth-order valence-electron chi connectivity index (χ4n) is 17.5. The number of likely N-dealkylation sites (tertiary alicyclic amines) is 1. The van der Waals surface area contributed by atoms with E-state index >= 15 is 0 Å². The molecule has 5 aliphatic heterocycles. The first-order chi connectivity index (χ1) is 70.0. The molecule has 50 nitrogen and oxygen atoms in total. The van der Waals surface area contributed by atoms with Gasteiger partial charge in [0.05, 0.1) is 57.0 Å². The van der Waals surface area contributed by atoms with Gasteiger partial charge in [0.2, 0.25) is 88.4 Å². The Morgan fingerprint density at radius 1 is 0.644 bits per heavy atom. The number of anilines is 1. The lowest BCUT2D eigenvalue weighted by atomic mass is 9.81. The summed E-state index contributed by atoms with van der Waals surface area (Å²) in [5.74, 6) is -18.9. The second-order valence-electron chi connectivity index (χ2n) is 36.9. The Bertz CT molecular complexity index is 6280. The predicted molar refractivity (Wildman–Crippen MR) is 542 cm³/mol. The lowest BCUT2D eigenvalue weighted by Gasteiger charge is -2.27. The minimum Gasteiger partial charge on any atom is -0.744 e. The summed E-state index contributed by atoms with van der Waals surface area (Å²) >= 11 is 0.763. The van der Waals surface area contributed by atoms with Crippen LogP contribution < -0.4 is 85.3 Å². The van der Waals surface area contributed by atoms with E-state index in [0.717, 1.165) is 62.2 Å². The zero-order chi connectivity index (χ0) is 110. The molecule has 57 heteroatoms. The van der Waals surface area contributed by atoms with Crippen molar-refractivity contribution in [3.63, 3.8) is 0 Å². The van der Waals surface area contributed by atoms with Crippen molar-refractivity contribution < 1.29 is 148 Å². The van der Waals surface area contributed by atoms with Gasteiger partial charge in [-0.2, -0.15) is 29.8 Å². The molecular weight excluding hydrogens is 2090 g/mol. The molecule has 5 heterocycles. The van der Waals surface area contributed by atoms with E-state index in [-0.39, 0.29) is 114 Å². The lowest BCUT2D eigenvalue weighted by molar-refractivity contribution is -0.438. The van der Waals surface area contributed by atoms with E-state index in [1.165, 1.54) is 48.5 Å². The highest BCUT2D eigenvalue weighted by Crippen LogP contribution is 2.50. The number of fused-ring (bicyclic) bond motifs is 3. The summed E-state index contributed by atoms with van der Waals surface area (Å²) in [6, 6.07) is -0.312. The maximum Gasteiger partial charge on any atom is 0.305 e. The number of aliphatic carboxylic acids is 2. The highest BCUT2D eigenvalue weighted by molar-refractivity contribution is 8.76. The summed E-state index contributed by atoms with van der Waals surface area (Å²) < 4.78 is 149. The Morgan fingerprint density at radius 2 is 1.27 bits per heavy atom. The Balaban J connectivity index is 0.893. The van der Waals surface area contributed by atoms with Crippen molar-refractivity contribution in [2.45, 2.75) is 236 Å². The van der Waals surface area contributed by atoms with Crippen molar-refractivity contribution in [1.29, 1.82) is 5.41 Å².